The van der Waals surface area contributed by atoms with Gasteiger partial charge in [-0.2, -0.15) is 13.2 Å². The van der Waals surface area contributed by atoms with E-state index < -0.39 is 17.9 Å². The summed E-state index contributed by atoms with van der Waals surface area (Å²) in [7, 11) is 0. The van der Waals surface area contributed by atoms with Crippen molar-refractivity contribution < 1.29 is 23.1 Å². The molecule has 2 aromatic rings. The predicted octanol–water partition coefficient (Wildman–Crippen LogP) is 4.92. The van der Waals surface area contributed by atoms with Crippen molar-refractivity contribution in [3.05, 3.63) is 52.7 Å². The summed E-state index contributed by atoms with van der Waals surface area (Å²) in [5.74, 6) is 0.960. The number of rotatable bonds is 4. The number of aromatic hydroxyl groups is 1. The fourth-order valence-corrected chi connectivity index (χ4v) is 4.59. The molecule has 6 nitrogen and oxygen atoms in total. The number of amides is 2. The number of fused-ring (bicyclic) bond motifs is 1. The van der Waals surface area contributed by atoms with Gasteiger partial charge in [0.2, 0.25) is 0 Å². The zero-order chi connectivity index (χ0) is 23.6. The van der Waals surface area contributed by atoms with Crippen LogP contribution in [0.15, 0.2) is 30.3 Å². The quantitative estimate of drug-likeness (QED) is 0.603. The Morgan fingerprint density at radius 3 is 2.67 bits per heavy atom. The Bertz CT molecular complexity index is 1000. The second-order valence-electron chi connectivity index (χ2n) is 9.00. The van der Waals surface area contributed by atoms with Crippen LogP contribution in [0.5, 0.6) is 5.75 Å². The van der Waals surface area contributed by atoms with E-state index in [9.17, 15) is 23.1 Å². The molecule has 3 N–H and O–H groups in total. The number of pyridine rings is 1. The number of alkyl halides is 3. The number of aromatic nitrogens is 1. The number of nitrogens with zero attached hydrogens (tertiary/aromatic N) is 2. The third-order valence-electron chi connectivity index (χ3n) is 6.52. The molecule has 1 aliphatic carbocycles. The largest absolute Gasteiger partial charge is 0.508 e. The number of nitrogens with one attached hydrogen (secondary N) is 2. The van der Waals surface area contributed by atoms with E-state index >= 15 is 0 Å². The van der Waals surface area contributed by atoms with E-state index in [-0.39, 0.29) is 24.2 Å². The topological polar surface area (TPSA) is 77.5 Å². The molecule has 1 fully saturated rings. The van der Waals surface area contributed by atoms with Gasteiger partial charge in [-0.3, -0.25) is 0 Å². The summed E-state index contributed by atoms with van der Waals surface area (Å²) >= 11 is 0. The summed E-state index contributed by atoms with van der Waals surface area (Å²) in [4.78, 5) is 18.4. The third kappa shape index (κ3) is 5.51. The molecule has 2 heterocycles. The predicted molar refractivity (Wildman–Crippen MR) is 119 cm³/mol. The number of carbonyl (C=O) groups is 1. The highest BCUT2D eigenvalue weighted by Gasteiger charge is 2.34. The van der Waals surface area contributed by atoms with Crippen LogP contribution >= 0.6 is 0 Å². The summed E-state index contributed by atoms with van der Waals surface area (Å²) in [6, 6.07) is 6.92. The lowest BCUT2D eigenvalue weighted by Crippen LogP contribution is -2.39. The smallest absolute Gasteiger partial charge is 0.433 e. The van der Waals surface area contributed by atoms with Crippen LogP contribution in [0.1, 0.15) is 61.0 Å². The normalized spacial score (nSPS) is 19.2. The Morgan fingerprint density at radius 2 is 1.94 bits per heavy atom. The van der Waals surface area contributed by atoms with Gasteiger partial charge in [-0.15, -0.1) is 0 Å². The number of anilines is 1. The monoisotopic (exact) mass is 462 g/mol. The van der Waals surface area contributed by atoms with E-state index in [2.05, 4.69) is 22.5 Å². The van der Waals surface area contributed by atoms with Crippen LogP contribution in [0.2, 0.25) is 0 Å². The van der Waals surface area contributed by atoms with Gasteiger partial charge in [-0.1, -0.05) is 19.1 Å². The number of aryl methyl sites for hydroxylation is 1. The van der Waals surface area contributed by atoms with E-state index in [1.165, 1.54) is 6.07 Å². The number of hydrogen-bond acceptors (Lipinski definition) is 4. The van der Waals surface area contributed by atoms with E-state index in [1.54, 1.807) is 12.1 Å². The average molecular weight is 463 g/mol. The summed E-state index contributed by atoms with van der Waals surface area (Å²) in [6.07, 6.45) is -0.185. The molecule has 0 saturated carbocycles. The van der Waals surface area contributed by atoms with Crippen molar-refractivity contribution in [3.8, 4) is 5.75 Å². The van der Waals surface area contributed by atoms with Crippen molar-refractivity contribution in [2.24, 2.45) is 5.92 Å². The molecule has 9 heteroatoms. The maximum absolute atomic E-state index is 13.3. The third-order valence-corrected chi connectivity index (χ3v) is 6.52. The van der Waals surface area contributed by atoms with E-state index in [0.29, 0.717) is 24.6 Å². The number of urea groups is 1. The van der Waals surface area contributed by atoms with E-state index in [1.807, 2.05) is 11.0 Å². The number of phenolic OH excluding ortho intramolecular Hbond substituents is 1. The van der Waals surface area contributed by atoms with Gasteiger partial charge in [-0.05, 0) is 67.3 Å². The van der Waals surface area contributed by atoms with Crippen LogP contribution in [0.3, 0.4) is 0 Å². The summed E-state index contributed by atoms with van der Waals surface area (Å²) in [5.41, 5.74) is 1.62. The number of carbonyl (C=O) groups excluding carboxylic acids is 1. The average Bonchev–Trinajstić information content (AvgIpc) is 2.78. The van der Waals surface area contributed by atoms with Crippen molar-refractivity contribution >= 4 is 11.8 Å². The fourth-order valence-electron chi connectivity index (χ4n) is 4.59. The Morgan fingerprint density at radius 1 is 1.18 bits per heavy atom. The Kier molecular flexibility index (Phi) is 6.67. The minimum atomic E-state index is -4.53. The van der Waals surface area contributed by atoms with Gasteiger partial charge < -0.3 is 20.6 Å². The number of benzene rings is 1. The molecule has 1 saturated heterocycles. The zero-order valence-corrected chi connectivity index (χ0v) is 18.6. The number of piperidine rings is 1. The Hall–Kier alpha value is -2.97. The molecule has 178 valence electrons. The first-order valence-electron chi connectivity index (χ1n) is 11.4. The molecule has 1 atom stereocenters. The lowest BCUT2D eigenvalue weighted by molar-refractivity contribution is -0.141. The van der Waals surface area contributed by atoms with Crippen molar-refractivity contribution in [2.75, 3.05) is 18.0 Å². The first-order valence-corrected chi connectivity index (χ1v) is 11.4. The van der Waals surface area contributed by atoms with Crippen LogP contribution in [-0.2, 0) is 19.1 Å². The van der Waals surface area contributed by atoms with Gasteiger partial charge >= 0.3 is 12.2 Å². The van der Waals surface area contributed by atoms with Crippen molar-refractivity contribution in [1.82, 2.24) is 15.6 Å². The van der Waals surface area contributed by atoms with Gasteiger partial charge in [-0.25, -0.2) is 9.78 Å². The van der Waals surface area contributed by atoms with Crippen LogP contribution in [0.4, 0.5) is 23.8 Å². The molecule has 2 aliphatic rings. The molecule has 2 amide bonds. The maximum Gasteiger partial charge on any atom is 0.433 e. The number of phenols is 1. The fraction of sp³-hybridized carbons (Fsp3) is 0.500. The highest BCUT2D eigenvalue weighted by Crippen LogP contribution is 2.33. The molecule has 0 bridgehead atoms. The Balaban J connectivity index is 1.47. The molecule has 0 radical (unpaired) electrons. The molecule has 1 aliphatic heterocycles. The van der Waals surface area contributed by atoms with Crippen molar-refractivity contribution in [3.63, 3.8) is 0 Å². The minimum Gasteiger partial charge on any atom is -0.508 e. The first-order chi connectivity index (χ1) is 15.7. The lowest BCUT2D eigenvalue weighted by atomic mass is 9.87. The van der Waals surface area contributed by atoms with Crippen molar-refractivity contribution in [2.45, 2.75) is 57.8 Å². The summed E-state index contributed by atoms with van der Waals surface area (Å²) < 4.78 is 39.8. The zero-order valence-electron chi connectivity index (χ0n) is 18.6. The van der Waals surface area contributed by atoms with Crippen LogP contribution < -0.4 is 15.5 Å². The molecular weight excluding hydrogens is 433 g/mol. The van der Waals surface area contributed by atoms with Gasteiger partial charge in [0, 0.05) is 25.2 Å². The minimum absolute atomic E-state index is 0.0674. The first kappa shape index (κ1) is 23.2. The lowest BCUT2D eigenvalue weighted by Gasteiger charge is -2.33. The molecule has 1 aromatic carbocycles. The molecule has 4 rings (SSSR count). The highest BCUT2D eigenvalue weighted by atomic mass is 19.4. The maximum atomic E-state index is 13.3. The van der Waals surface area contributed by atoms with Gasteiger partial charge in [0.05, 0.1) is 6.04 Å². The van der Waals surface area contributed by atoms with Crippen LogP contribution in [-0.4, -0.2) is 29.2 Å². The standard InChI is InChI=1S/C24H29F3N4O2/c1-15-9-11-31(12-10-15)22-17(6-8-21(30-22)24(25,26)27)14-28-23(33)29-20-4-2-3-16-5-7-18(32)13-19(16)20/h5-8,13,15,20,32H,2-4,9-12,14H2,1H3,(H2,28,29,33). The molecule has 1 aromatic heterocycles. The van der Waals surface area contributed by atoms with Gasteiger partial charge in [0.1, 0.15) is 17.3 Å². The van der Waals surface area contributed by atoms with Gasteiger partial charge in [0.25, 0.3) is 0 Å². The number of hydrogen-bond donors (Lipinski definition) is 3. The number of halogens is 3. The van der Waals surface area contributed by atoms with Gasteiger partial charge in [0.15, 0.2) is 0 Å². The van der Waals surface area contributed by atoms with Crippen molar-refractivity contribution in [1.29, 1.82) is 0 Å². The molecular formula is C24H29F3N4O2. The molecule has 0 spiro atoms. The second-order valence-corrected chi connectivity index (χ2v) is 9.00. The summed E-state index contributed by atoms with van der Waals surface area (Å²) in [5, 5.41) is 15.5. The molecule has 33 heavy (non-hydrogen) atoms. The second kappa shape index (κ2) is 9.49. The Labute approximate surface area is 191 Å². The summed E-state index contributed by atoms with van der Waals surface area (Å²) in [6.45, 7) is 3.47. The van der Waals surface area contributed by atoms with Crippen LogP contribution in [0, 0.1) is 5.92 Å². The van der Waals surface area contributed by atoms with E-state index in [4.69, 9.17) is 0 Å². The van der Waals surface area contributed by atoms with Crippen LogP contribution in [0.25, 0.3) is 0 Å². The SMILES string of the molecule is CC1CCN(c2nc(C(F)(F)F)ccc2CNC(=O)NC2CCCc3ccc(O)cc32)CC1. The molecule has 1 unspecified atom stereocenters. The highest BCUT2D eigenvalue weighted by molar-refractivity contribution is 5.75. The van der Waals surface area contributed by atoms with E-state index in [0.717, 1.165) is 49.3 Å².